The topological polar surface area (TPSA) is 79.0 Å². The average molecular weight is 529 g/mol. The molecule has 1 saturated carbocycles. The molecule has 0 unspecified atom stereocenters. The number of aromatic nitrogens is 2. The van der Waals surface area contributed by atoms with Crippen molar-refractivity contribution in [2.75, 3.05) is 13.1 Å². The van der Waals surface area contributed by atoms with Gasteiger partial charge in [0.25, 0.3) is 0 Å². The summed E-state index contributed by atoms with van der Waals surface area (Å²) in [4.78, 5) is -0.144. The van der Waals surface area contributed by atoms with E-state index in [1.54, 1.807) is 23.0 Å². The molecule has 0 saturated heterocycles. The largest absolute Gasteiger partial charge is 0.244 e. The Morgan fingerprint density at radius 1 is 1.25 bits per heavy atom. The Bertz CT molecular complexity index is 1510. The molecule has 6 nitrogen and oxygen atoms in total. The van der Waals surface area contributed by atoms with E-state index in [0.717, 1.165) is 46.2 Å². The molecule has 3 aromatic rings. The summed E-state index contributed by atoms with van der Waals surface area (Å²) in [6.07, 6.45) is 6.13. The number of allylic oxidation sites excluding steroid dienone is 1. The standard InChI is InChI=1S/C26H23ClF2N4O2S/c1-26-14-17-15-31-33(21-6-4-20(28)5-7-21)25(17)12-18(26)2-3-19(26)16-32(11-10-30)36(34,35)22-8-9-24(29)23(27)13-22/h4-9,12-13,15,19H,2-3,11,14,16H2,1H3/t19-,26+/m1/s1. The van der Waals surface area contributed by atoms with E-state index >= 15 is 0 Å². The molecule has 2 aliphatic rings. The van der Waals surface area contributed by atoms with Gasteiger partial charge in [0.2, 0.25) is 10.0 Å². The molecule has 0 aliphatic heterocycles. The van der Waals surface area contributed by atoms with E-state index in [0.29, 0.717) is 6.42 Å². The van der Waals surface area contributed by atoms with Crippen LogP contribution in [-0.4, -0.2) is 35.6 Å². The summed E-state index contributed by atoms with van der Waals surface area (Å²) in [5.41, 5.74) is 3.61. The predicted octanol–water partition coefficient (Wildman–Crippen LogP) is 5.37. The molecule has 1 heterocycles. The van der Waals surface area contributed by atoms with Crippen molar-refractivity contribution in [1.29, 1.82) is 5.26 Å². The second kappa shape index (κ2) is 9.11. The fourth-order valence-corrected chi connectivity index (χ4v) is 7.03. The Balaban J connectivity index is 1.44. The quantitative estimate of drug-likeness (QED) is 0.403. The minimum Gasteiger partial charge on any atom is -0.233 e. The van der Waals surface area contributed by atoms with E-state index < -0.39 is 15.8 Å². The molecule has 10 heteroatoms. The second-order valence-corrected chi connectivity index (χ2v) is 11.8. The lowest BCUT2D eigenvalue weighted by Crippen LogP contribution is -2.41. The van der Waals surface area contributed by atoms with Gasteiger partial charge < -0.3 is 0 Å². The SMILES string of the molecule is C[C@]12Cc3cnn(-c4ccc(F)cc4)c3C=C1CC[C@@H]2CN(CC#N)S(=O)(=O)c1ccc(F)c(Cl)c1. The molecule has 0 radical (unpaired) electrons. The van der Waals surface area contributed by atoms with Crippen molar-refractivity contribution >= 4 is 27.7 Å². The molecule has 2 atom stereocenters. The van der Waals surface area contributed by atoms with Gasteiger partial charge in [-0.15, -0.1) is 0 Å². The second-order valence-electron chi connectivity index (χ2n) is 9.47. The van der Waals surface area contributed by atoms with Crippen LogP contribution in [0.25, 0.3) is 11.8 Å². The first kappa shape index (κ1) is 24.6. The highest BCUT2D eigenvalue weighted by Gasteiger charge is 2.47. The highest BCUT2D eigenvalue weighted by atomic mass is 35.5. The zero-order chi connectivity index (χ0) is 25.7. The van der Waals surface area contributed by atoms with Crippen LogP contribution in [0, 0.1) is 34.3 Å². The highest BCUT2D eigenvalue weighted by Crippen LogP contribution is 2.53. The van der Waals surface area contributed by atoms with Crippen molar-refractivity contribution in [3.63, 3.8) is 0 Å². The van der Waals surface area contributed by atoms with Gasteiger partial charge in [-0.2, -0.15) is 14.7 Å². The van der Waals surface area contributed by atoms with E-state index in [1.807, 2.05) is 6.07 Å². The first-order chi connectivity index (χ1) is 17.1. The average Bonchev–Trinajstić information content (AvgIpc) is 3.39. The summed E-state index contributed by atoms with van der Waals surface area (Å²) < 4.78 is 56.7. The number of nitrogens with zero attached hydrogens (tertiary/aromatic N) is 4. The Kier molecular flexibility index (Phi) is 6.23. The number of benzene rings is 2. The van der Waals surface area contributed by atoms with Crippen LogP contribution in [0.2, 0.25) is 5.02 Å². The van der Waals surface area contributed by atoms with Gasteiger partial charge in [0, 0.05) is 6.54 Å². The van der Waals surface area contributed by atoms with Gasteiger partial charge in [-0.1, -0.05) is 24.1 Å². The molecule has 0 spiro atoms. The van der Waals surface area contributed by atoms with Gasteiger partial charge in [0.05, 0.1) is 33.6 Å². The third-order valence-electron chi connectivity index (χ3n) is 7.42. The van der Waals surface area contributed by atoms with Crippen molar-refractivity contribution in [2.24, 2.45) is 11.3 Å². The maximum absolute atomic E-state index is 13.6. The Hall–Kier alpha value is -3.06. The third kappa shape index (κ3) is 4.13. The highest BCUT2D eigenvalue weighted by molar-refractivity contribution is 7.89. The summed E-state index contributed by atoms with van der Waals surface area (Å²) in [5, 5.41) is 13.6. The van der Waals surface area contributed by atoms with E-state index in [1.165, 1.54) is 23.8 Å². The van der Waals surface area contributed by atoms with E-state index in [-0.39, 0.29) is 40.2 Å². The molecule has 1 fully saturated rings. The lowest BCUT2D eigenvalue weighted by molar-refractivity contribution is 0.228. The van der Waals surface area contributed by atoms with Crippen molar-refractivity contribution in [3.05, 3.63) is 82.1 Å². The Morgan fingerprint density at radius 2 is 2.00 bits per heavy atom. The fraction of sp³-hybridized carbons (Fsp3) is 0.308. The molecule has 186 valence electrons. The molecule has 0 amide bonds. The molecule has 0 bridgehead atoms. The summed E-state index contributed by atoms with van der Waals surface area (Å²) in [5.74, 6) is -1.06. The molecule has 0 N–H and O–H groups in total. The molecule has 2 aliphatic carbocycles. The van der Waals surface area contributed by atoms with E-state index in [9.17, 15) is 22.5 Å². The smallest absolute Gasteiger partial charge is 0.233 e. The molecule has 36 heavy (non-hydrogen) atoms. The number of sulfonamides is 1. The zero-order valence-electron chi connectivity index (χ0n) is 19.5. The summed E-state index contributed by atoms with van der Waals surface area (Å²) in [6.45, 7) is 1.96. The number of fused-ring (bicyclic) bond motifs is 2. The number of nitriles is 1. The Labute approximate surface area is 213 Å². The maximum atomic E-state index is 13.6. The van der Waals surface area contributed by atoms with Crippen LogP contribution in [0.1, 0.15) is 31.0 Å². The minimum atomic E-state index is -4.06. The summed E-state index contributed by atoms with van der Waals surface area (Å²) >= 11 is 5.83. The van der Waals surface area contributed by atoms with Gasteiger partial charge in [-0.05, 0) is 84.7 Å². The normalized spacial score (nSPS) is 21.1. The maximum Gasteiger partial charge on any atom is 0.244 e. The van der Waals surface area contributed by atoms with Gasteiger partial charge >= 0.3 is 0 Å². The van der Waals surface area contributed by atoms with Crippen LogP contribution >= 0.6 is 11.6 Å². The van der Waals surface area contributed by atoms with Crippen molar-refractivity contribution in [3.8, 4) is 11.8 Å². The van der Waals surface area contributed by atoms with E-state index in [2.05, 4.69) is 18.1 Å². The van der Waals surface area contributed by atoms with Crippen LogP contribution in [0.15, 0.2) is 59.1 Å². The molecule has 1 aromatic heterocycles. The summed E-state index contributed by atoms with van der Waals surface area (Å²) in [7, 11) is -4.06. The molecule has 2 aromatic carbocycles. The van der Waals surface area contributed by atoms with Crippen molar-refractivity contribution in [1.82, 2.24) is 14.1 Å². The van der Waals surface area contributed by atoms with Crippen LogP contribution in [-0.2, 0) is 16.4 Å². The lowest BCUT2D eigenvalue weighted by atomic mass is 9.70. The van der Waals surface area contributed by atoms with Gasteiger partial charge in [-0.25, -0.2) is 21.9 Å². The van der Waals surface area contributed by atoms with Gasteiger partial charge in [0.15, 0.2) is 0 Å². The third-order valence-corrected chi connectivity index (χ3v) is 9.52. The van der Waals surface area contributed by atoms with Gasteiger partial charge in [0.1, 0.15) is 18.2 Å². The summed E-state index contributed by atoms with van der Waals surface area (Å²) in [6, 6.07) is 11.4. The number of rotatable bonds is 6. The van der Waals surface area contributed by atoms with E-state index in [4.69, 9.17) is 11.6 Å². The molecule has 5 rings (SSSR count). The van der Waals surface area contributed by atoms with Gasteiger partial charge in [-0.3, -0.25) is 0 Å². The Morgan fingerprint density at radius 3 is 2.69 bits per heavy atom. The number of halogens is 3. The monoisotopic (exact) mass is 528 g/mol. The molecular formula is C26H23ClF2N4O2S. The van der Waals surface area contributed by atoms with Crippen molar-refractivity contribution in [2.45, 2.75) is 31.1 Å². The first-order valence-electron chi connectivity index (χ1n) is 11.5. The number of hydrogen-bond donors (Lipinski definition) is 0. The predicted molar refractivity (Wildman–Crippen MR) is 132 cm³/mol. The lowest BCUT2D eigenvalue weighted by Gasteiger charge is -2.37. The van der Waals surface area contributed by atoms with Crippen LogP contribution in [0.4, 0.5) is 8.78 Å². The van der Waals surface area contributed by atoms with Crippen molar-refractivity contribution < 1.29 is 17.2 Å². The minimum absolute atomic E-state index is 0.0369. The fourth-order valence-electron chi connectivity index (χ4n) is 5.37. The van der Waals surface area contributed by atoms with Crippen LogP contribution in [0.3, 0.4) is 0 Å². The molecular weight excluding hydrogens is 506 g/mol. The first-order valence-corrected chi connectivity index (χ1v) is 13.3. The number of hydrogen-bond acceptors (Lipinski definition) is 4. The van der Waals surface area contributed by atoms with Crippen LogP contribution in [0.5, 0.6) is 0 Å². The van der Waals surface area contributed by atoms with Crippen LogP contribution < -0.4 is 0 Å². The zero-order valence-corrected chi connectivity index (χ0v) is 21.0.